The van der Waals surface area contributed by atoms with Crippen LogP contribution in [0, 0.1) is 0 Å². The van der Waals surface area contributed by atoms with Gasteiger partial charge in [0, 0.05) is 12.6 Å². The summed E-state index contributed by atoms with van der Waals surface area (Å²) < 4.78 is 27.0. The van der Waals surface area contributed by atoms with Crippen LogP contribution in [0.15, 0.2) is 46.0 Å². The van der Waals surface area contributed by atoms with E-state index in [4.69, 9.17) is 23.4 Å². The molecule has 1 unspecified atom stereocenters. The van der Waals surface area contributed by atoms with Gasteiger partial charge >= 0.3 is 0 Å². The maximum absolute atomic E-state index is 12.5. The number of carbonyl (C=O) groups is 1. The van der Waals surface area contributed by atoms with Gasteiger partial charge in [-0.15, -0.1) is 10.2 Å². The molecule has 0 saturated carbocycles. The summed E-state index contributed by atoms with van der Waals surface area (Å²) in [5.74, 6) is 2.75. The topological polar surface area (TPSA) is 105 Å². The minimum Gasteiger partial charge on any atom is -0.497 e. The third-order valence-corrected chi connectivity index (χ3v) is 5.53. The summed E-state index contributed by atoms with van der Waals surface area (Å²) in [5, 5.41) is 10.9. The molecular formula is C21H21N3O6S. The van der Waals surface area contributed by atoms with Crippen molar-refractivity contribution in [2.24, 2.45) is 0 Å². The number of benzene rings is 2. The second-order valence-corrected chi connectivity index (χ2v) is 7.90. The van der Waals surface area contributed by atoms with Crippen LogP contribution in [0.1, 0.15) is 12.5 Å². The van der Waals surface area contributed by atoms with Crippen LogP contribution in [0.3, 0.4) is 0 Å². The molecule has 3 aromatic rings. The van der Waals surface area contributed by atoms with Gasteiger partial charge in [-0.25, -0.2) is 0 Å². The predicted molar refractivity (Wildman–Crippen MR) is 113 cm³/mol. The summed E-state index contributed by atoms with van der Waals surface area (Å²) >= 11 is 1.18. The van der Waals surface area contributed by atoms with E-state index in [9.17, 15) is 4.79 Å². The van der Waals surface area contributed by atoms with E-state index >= 15 is 0 Å². The summed E-state index contributed by atoms with van der Waals surface area (Å²) in [6.45, 7) is 2.36. The lowest BCUT2D eigenvalue weighted by Gasteiger charge is -2.10. The number of methoxy groups -OCH3 is 2. The van der Waals surface area contributed by atoms with Gasteiger partial charge in [0.05, 0.1) is 25.0 Å². The predicted octanol–water partition coefficient (Wildman–Crippen LogP) is 3.28. The molecule has 0 aliphatic carbocycles. The highest BCUT2D eigenvalue weighted by Crippen LogP contribution is 2.35. The van der Waals surface area contributed by atoms with Gasteiger partial charge in [-0.3, -0.25) is 4.79 Å². The molecule has 0 radical (unpaired) electrons. The summed E-state index contributed by atoms with van der Waals surface area (Å²) in [4.78, 5) is 12.5. The van der Waals surface area contributed by atoms with E-state index in [1.165, 1.54) is 11.8 Å². The van der Waals surface area contributed by atoms with Crippen LogP contribution in [-0.4, -0.2) is 42.4 Å². The Bertz CT molecular complexity index is 1090. The number of hydrogen-bond acceptors (Lipinski definition) is 9. The van der Waals surface area contributed by atoms with Gasteiger partial charge in [-0.1, -0.05) is 17.8 Å². The number of aromatic nitrogens is 2. The molecule has 9 nitrogen and oxygen atoms in total. The third-order valence-electron chi connectivity index (χ3n) is 4.60. The van der Waals surface area contributed by atoms with Crippen LogP contribution in [-0.2, 0) is 11.3 Å². The average molecular weight is 443 g/mol. The number of carbonyl (C=O) groups excluding carboxylic acids is 1. The van der Waals surface area contributed by atoms with Crippen molar-refractivity contribution in [2.75, 3.05) is 21.0 Å². The minimum atomic E-state index is -0.430. The lowest BCUT2D eigenvalue weighted by atomic mass is 10.2. The highest BCUT2D eigenvalue weighted by atomic mass is 32.2. The molecule has 1 aliphatic heterocycles. The number of ether oxygens (including phenoxy) is 4. The van der Waals surface area contributed by atoms with E-state index in [-0.39, 0.29) is 12.7 Å². The molecule has 2 aromatic carbocycles. The quantitative estimate of drug-likeness (QED) is 0.525. The van der Waals surface area contributed by atoms with Crippen LogP contribution in [0.2, 0.25) is 0 Å². The van der Waals surface area contributed by atoms with E-state index in [0.717, 1.165) is 5.56 Å². The van der Waals surface area contributed by atoms with Crippen molar-refractivity contribution in [2.45, 2.75) is 23.9 Å². The number of hydrogen-bond donors (Lipinski definition) is 1. The van der Waals surface area contributed by atoms with Gasteiger partial charge in [0.15, 0.2) is 11.5 Å². The first kappa shape index (κ1) is 20.9. The van der Waals surface area contributed by atoms with Crippen molar-refractivity contribution in [3.8, 4) is 34.5 Å². The number of nitrogens with zero attached hydrogens (tertiary/aromatic N) is 2. The highest BCUT2D eigenvalue weighted by Gasteiger charge is 2.20. The Morgan fingerprint density at radius 3 is 2.77 bits per heavy atom. The Morgan fingerprint density at radius 1 is 1.13 bits per heavy atom. The third kappa shape index (κ3) is 4.69. The van der Waals surface area contributed by atoms with Crippen molar-refractivity contribution >= 4 is 17.7 Å². The molecule has 2 heterocycles. The molecule has 162 valence electrons. The van der Waals surface area contributed by atoms with Gasteiger partial charge in [0.25, 0.3) is 11.1 Å². The summed E-state index contributed by atoms with van der Waals surface area (Å²) in [6.07, 6.45) is 0. The van der Waals surface area contributed by atoms with E-state index in [1.807, 2.05) is 18.2 Å². The maximum atomic E-state index is 12.5. The molecule has 1 N–H and O–H groups in total. The molecule has 1 aromatic heterocycles. The number of nitrogens with one attached hydrogen (secondary N) is 1. The number of amides is 1. The molecule has 10 heteroatoms. The van der Waals surface area contributed by atoms with Crippen molar-refractivity contribution < 1.29 is 28.2 Å². The van der Waals surface area contributed by atoms with Crippen molar-refractivity contribution in [3.05, 3.63) is 42.0 Å². The van der Waals surface area contributed by atoms with Crippen LogP contribution in [0.5, 0.6) is 23.0 Å². The first-order valence-corrected chi connectivity index (χ1v) is 10.3. The molecule has 0 spiro atoms. The Kier molecular flexibility index (Phi) is 6.17. The summed E-state index contributed by atoms with van der Waals surface area (Å²) in [7, 11) is 3.13. The van der Waals surface area contributed by atoms with Gasteiger partial charge < -0.3 is 28.7 Å². The van der Waals surface area contributed by atoms with E-state index in [1.54, 1.807) is 39.3 Å². The number of thioether (sulfide) groups is 1. The molecule has 31 heavy (non-hydrogen) atoms. The monoisotopic (exact) mass is 443 g/mol. The largest absolute Gasteiger partial charge is 0.497 e. The van der Waals surface area contributed by atoms with Crippen LogP contribution >= 0.6 is 11.8 Å². The van der Waals surface area contributed by atoms with Crippen molar-refractivity contribution in [3.63, 3.8) is 0 Å². The summed E-state index contributed by atoms with van der Waals surface area (Å²) in [5.41, 5.74) is 1.56. The first-order chi connectivity index (χ1) is 15.1. The highest BCUT2D eigenvalue weighted by molar-refractivity contribution is 8.00. The van der Waals surface area contributed by atoms with Crippen LogP contribution < -0.4 is 24.3 Å². The lowest BCUT2D eigenvalue weighted by Crippen LogP contribution is -2.30. The Balaban J connectivity index is 1.36. The number of rotatable bonds is 8. The fourth-order valence-electron chi connectivity index (χ4n) is 2.93. The smallest absolute Gasteiger partial charge is 0.277 e. The average Bonchev–Trinajstić information content (AvgIpc) is 3.45. The number of fused-ring (bicyclic) bond motifs is 1. The van der Waals surface area contributed by atoms with Gasteiger partial charge in [0.2, 0.25) is 12.7 Å². The minimum absolute atomic E-state index is 0.149. The van der Waals surface area contributed by atoms with Crippen LogP contribution in [0.25, 0.3) is 11.5 Å². The second kappa shape index (κ2) is 9.17. The second-order valence-electron chi connectivity index (χ2n) is 6.60. The van der Waals surface area contributed by atoms with Crippen LogP contribution in [0.4, 0.5) is 0 Å². The van der Waals surface area contributed by atoms with Gasteiger partial charge in [-0.05, 0) is 36.8 Å². The van der Waals surface area contributed by atoms with E-state index in [0.29, 0.717) is 46.2 Å². The molecule has 1 amide bonds. The lowest BCUT2D eigenvalue weighted by molar-refractivity contribution is -0.120. The zero-order chi connectivity index (χ0) is 21.8. The van der Waals surface area contributed by atoms with E-state index in [2.05, 4.69) is 15.5 Å². The maximum Gasteiger partial charge on any atom is 0.277 e. The van der Waals surface area contributed by atoms with E-state index < -0.39 is 5.25 Å². The molecule has 0 bridgehead atoms. The first-order valence-electron chi connectivity index (χ1n) is 9.46. The Labute approximate surface area is 183 Å². The molecular weight excluding hydrogens is 422 g/mol. The zero-order valence-electron chi connectivity index (χ0n) is 17.2. The Morgan fingerprint density at radius 2 is 1.97 bits per heavy atom. The Hall–Kier alpha value is -3.40. The van der Waals surface area contributed by atoms with Crippen molar-refractivity contribution in [1.29, 1.82) is 0 Å². The molecule has 1 atom stereocenters. The standard InChI is InChI=1S/C21H21N3O6S/c1-12(19(25)22-10-13-4-7-16-18(8-13)29-11-28-16)31-21-24-23-20(30-21)15-6-5-14(26-2)9-17(15)27-3/h4-9,12H,10-11H2,1-3H3,(H,22,25). The molecule has 0 saturated heterocycles. The molecule has 4 rings (SSSR count). The van der Waals surface area contributed by atoms with Crippen molar-refractivity contribution in [1.82, 2.24) is 15.5 Å². The van der Waals surface area contributed by atoms with Gasteiger partial charge in [-0.2, -0.15) is 0 Å². The summed E-state index contributed by atoms with van der Waals surface area (Å²) in [6, 6.07) is 10.9. The SMILES string of the molecule is COc1ccc(-c2nnc(SC(C)C(=O)NCc3ccc4c(c3)OCO4)o2)c(OC)c1. The van der Waals surface area contributed by atoms with Gasteiger partial charge in [0.1, 0.15) is 11.5 Å². The molecule has 1 aliphatic rings. The zero-order valence-corrected chi connectivity index (χ0v) is 18.0. The normalized spacial score (nSPS) is 13.0. The fraction of sp³-hybridized carbons (Fsp3) is 0.286. The fourth-order valence-corrected chi connectivity index (χ4v) is 3.64. The molecule has 0 fully saturated rings.